The van der Waals surface area contributed by atoms with Gasteiger partial charge in [-0.2, -0.15) is 0 Å². The smallest absolute Gasteiger partial charge is 0.326 e. The number of nitrogens with one attached hydrogen (secondary N) is 2. The minimum absolute atomic E-state index is 0.00662. The topological polar surface area (TPSA) is 81.8 Å². The molecule has 8 heteroatoms. The van der Waals surface area contributed by atoms with Crippen LogP contribution in [-0.4, -0.2) is 52.9 Å². The number of imide groups is 1. The first-order chi connectivity index (χ1) is 16.0. The number of aryl methyl sites for hydroxylation is 1. The molecule has 4 amide bonds. The Morgan fingerprint density at radius 1 is 1.21 bits per heavy atom. The Balaban J connectivity index is 1.28. The summed E-state index contributed by atoms with van der Waals surface area (Å²) in [4.78, 5) is 42.2. The van der Waals surface area contributed by atoms with Crippen LogP contribution in [0.3, 0.4) is 0 Å². The lowest BCUT2D eigenvalue weighted by atomic mass is 9.64. The largest absolute Gasteiger partial charge is 0.352 e. The maximum absolute atomic E-state index is 13.7. The molecular formula is C26H37FN4O3. The molecule has 1 aromatic carbocycles. The minimum atomic E-state index is -0.786. The van der Waals surface area contributed by atoms with Crippen LogP contribution >= 0.6 is 0 Å². The number of hydrogen-bond donors (Lipinski definition) is 2. The highest BCUT2D eigenvalue weighted by molar-refractivity contribution is 6.07. The number of urea groups is 1. The molecule has 0 bridgehead atoms. The van der Waals surface area contributed by atoms with Gasteiger partial charge >= 0.3 is 6.03 Å². The van der Waals surface area contributed by atoms with Crippen molar-refractivity contribution in [1.82, 2.24) is 20.4 Å². The van der Waals surface area contributed by atoms with E-state index < -0.39 is 5.54 Å². The molecule has 186 valence electrons. The van der Waals surface area contributed by atoms with Gasteiger partial charge in [0.1, 0.15) is 11.4 Å². The molecule has 2 heterocycles. The summed E-state index contributed by atoms with van der Waals surface area (Å²) in [7, 11) is 0. The second-order valence-electron chi connectivity index (χ2n) is 11.4. The number of nitrogens with zero attached hydrogens (tertiary/aromatic N) is 2. The number of amides is 4. The molecule has 0 radical (unpaired) electrons. The van der Waals surface area contributed by atoms with E-state index in [4.69, 9.17) is 0 Å². The molecule has 7 nitrogen and oxygen atoms in total. The predicted molar refractivity (Wildman–Crippen MR) is 127 cm³/mol. The molecule has 2 atom stereocenters. The third-order valence-electron chi connectivity index (χ3n) is 7.63. The Labute approximate surface area is 201 Å². The number of hydrogen-bond acceptors (Lipinski definition) is 4. The maximum Gasteiger partial charge on any atom is 0.326 e. The average molecular weight is 473 g/mol. The lowest BCUT2D eigenvalue weighted by Crippen LogP contribution is -2.54. The van der Waals surface area contributed by atoms with Crippen molar-refractivity contribution in [3.8, 4) is 0 Å². The summed E-state index contributed by atoms with van der Waals surface area (Å²) in [5, 5.41) is 5.95. The fourth-order valence-corrected chi connectivity index (χ4v) is 6.25. The number of piperidine rings is 1. The molecule has 34 heavy (non-hydrogen) atoms. The van der Waals surface area contributed by atoms with Gasteiger partial charge in [-0.3, -0.25) is 14.5 Å². The summed E-state index contributed by atoms with van der Waals surface area (Å²) in [6.45, 7) is 10.0. The molecular weight excluding hydrogens is 435 g/mol. The Kier molecular flexibility index (Phi) is 6.73. The van der Waals surface area contributed by atoms with Crippen LogP contribution in [0.4, 0.5) is 9.18 Å². The van der Waals surface area contributed by atoms with Crippen LogP contribution in [0.25, 0.3) is 0 Å². The predicted octanol–water partition coefficient (Wildman–Crippen LogP) is 3.56. The zero-order chi connectivity index (χ0) is 24.7. The average Bonchev–Trinajstić information content (AvgIpc) is 2.96. The van der Waals surface area contributed by atoms with E-state index >= 15 is 0 Å². The molecule has 1 aromatic rings. The Bertz CT molecular complexity index is 973. The van der Waals surface area contributed by atoms with Crippen molar-refractivity contribution < 1.29 is 18.8 Å². The minimum Gasteiger partial charge on any atom is -0.352 e. The lowest BCUT2D eigenvalue weighted by molar-refractivity contribution is -0.137. The summed E-state index contributed by atoms with van der Waals surface area (Å²) < 4.78 is 13.7. The number of carbonyl (C=O) groups excluding carboxylic acids is 3. The highest BCUT2D eigenvalue weighted by atomic mass is 19.1. The van der Waals surface area contributed by atoms with Crippen molar-refractivity contribution >= 4 is 17.8 Å². The van der Waals surface area contributed by atoms with Crippen LogP contribution < -0.4 is 10.6 Å². The quantitative estimate of drug-likeness (QED) is 0.642. The van der Waals surface area contributed by atoms with Crippen LogP contribution in [0.15, 0.2) is 18.2 Å². The number of likely N-dealkylation sites (tertiary alicyclic amines) is 1. The third-order valence-corrected chi connectivity index (χ3v) is 7.63. The number of halogens is 1. The van der Waals surface area contributed by atoms with Crippen molar-refractivity contribution in [2.45, 2.75) is 71.9 Å². The third kappa shape index (κ3) is 5.11. The molecule has 4 rings (SSSR count). The summed E-state index contributed by atoms with van der Waals surface area (Å²) in [6, 6.07) is 4.68. The first-order valence-electron chi connectivity index (χ1n) is 12.4. The van der Waals surface area contributed by atoms with Gasteiger partial charge in [-0.1, -0.05) is 32.9 Å². The molecule has 2 N–H and O–H groups in total. The number of benzene rings is 1. The monoisotopic (exact) mass is 472 g/mol. The van der Waals surface area contributed by atoms with Crippen LogP contribution in [0.5, 0.6) is 0 Å². The summed E-state index contributed by atoms with van der Waals surface area (Å²) in [5.74, 6) is -0.163. The second kappa shape index (κ2) is 9.29. The van der Waals surface area contributed by atoms with E-state index in [-0.39, 0.29) is 41.7 Å². The van der Waals surface area contributed by atoms with Crippen molar-refractivity contribution in [3.63, 3.8) is 0 Å². The second-order valence-corrected chi connectivity index (χ2v) is 11.4. The first kappa shape index (κ1) is 24.6. The maximum atomic E-state index is 13.7. The lowest BCUT2D eigenvalue weighted by Gasteiger charge is -2.44. The van der Waals surface area contributed by atoms with Gasteiger partial charge in [-0.25, -0.2) is 14.1 Å². The van der Waals surface area contributed by atoms with Crippen LogP contribution in [0, 0.1) is 30.0 Å². The fraction of sp³-hybridized carbons (Fsp3) is 0.654. The molecule has 2 saturated heterocycles. The SMILES string of the molecule is Cc1ccc(CNC(=O)C2CCN(CN3C(=O)NC4(CC(C)CC(C)(C)C4)C3=O)CC2)cc1F. The van der Waals surface area contributed by atoms with Crippen LogP contribution in [0.1, 0.15) is 64.0 Å². The normalized spacial score (nSPS) is 27.8. The highest BCUT2D eigenvalue weighted by Crippen LogP contribution is 2.46. The van der Waals surface area contributed by atoms with Crippen LogP contribution in [0.2, 0.25) is 0 Å². The molecule has 0 aromatic heterocycles. The van der Waals surface area contributed by atoms with E-state index in [1.54, 1.807) is 13.0 Å². The zero-order valence-corrected chi connectivity index (χ0v) is 20.7. The molecule has 1 spiro atoms. The van der Waals surface area contributed by atoms with Gasteiger partial charge in [-0.05, 0) is 67.6 Å². The van der Waals surface area contributed by atoms with Crippen molar-refractivity contribution in [2.24, 2.45) is 17.3 Å². The van der Waals surface area contributed by atoms with E-state index in [1.807, 2.05) is 6.07 Å². The van der Waals surface area contributed by atoms with Crippen molar-refractivity contribution in [3.05, 3.63) is 35.1 Å². The first-order valence-corrected chi connectivity index (χ1v) is 12.4. The van der Waals surface area contributed by atoms with Gasteiger partial charge in [0.25, 0.3) is 5.91 Å². The van der Waals surface area contributed by atoms with Gasteiger partial charge < -0.3 is 10.6 Å². The van der Waals surface area contributed by atoms with Gasteiger partial charge in [-0.15, -0.1) is 0 Å². The Morgan fingerprint density at radius 2 is 1.91 bits per heavy atom. The molecule has 1 saturated carbocycles. The molecule has 2 unspecified atom stereocenters. The molecule has 1 aliphatic carbocycles. The van der Waals surface area contributed by atoms with Crippen LogP contribution in [-0.2, 0) is 16.1 Å². The van der Waals surface area contributed by atoms with E-state index in [0.717, 1.165) is 12.0 Å². The molecule has 3 fully saturated rings. The zero-order valence-electron chi connectivity index (χ0n) is 20.7. The van der Waals surface area contributed by atoms with E-state index in [2.05, 4.69) is 36.3 Å². The van der Waals surface area contributed by atoms with Crippen molar-refractivity contribution in [2.75, 3.05) is 19.8 Å². The van der Waals surface area contributed by atoms with Gasteiger partial charge in [0.15, 0.2) is 0 Å². The summed E-state index contributed by atoms with van der Waals surface area (Å²) >= 11 is 0. The standard InChI is InChI=1S/C26H37FN4O3/c1-17-12-25(3,4)15-26(13-17)23(33)31(24(34)29-26)16-30-9-7-20(8-10-30)22(32)28-14-19-6-5-18(2)21(27)11-19/h5-6,11,17,20H,7-10,12-16H2,1-4H3,(H,28,32)(H,29,34). The van der Waals surface area contributed by atoms with E-state index in [0.29, 0.717) is 56.8 Å². The summed E-state index contributed by atoms with van der Waals surface area (Å²) in [5.41, 5.74) is 0.542. The fourth-order valence-electron chi connectivity index (χ4n) is 6.25. The molecule has 2 aliphatic heterocycles. The highest BCUT2D eigenvalue weighted by Gasteiger charge is 2.56. The van der Waals surface area contributed by atoms with Gasteiger partial charge in [0.2, 0.25) is 5.91 Å². The van der Waals surface area contributed by atoms with E-state index in [1.165, 1.54) is 11.0 Å². The van der Waals surface area contributed by atoms with E-state index in [9.17, 15) is 18.8 Å². The molecule has 3 aliphatic rings. The number of rotatable bonds is 5. The summed E-state index contributed by atoms with van der Waals surface area (Å²) in [6.07, 6.45) is 3.72. The van der Waals surface area contributed by atoms with Gasteiger partial charge in [0, 0.05) is 25.6 Å². The number of carbonyl (C=O) groups is 3. The van der Waals surface area contributed by atoms with Gasteiger partial charge in [0.05, 0.1) is 6.67 Å². The Hall–Kier alpha value is -2.48. The van der Waals surface area contributed by atoms with Crippen molar-refractivity contribution in [1.29, 1.82) is 0 Å². The Morgan fingerprint density at radius 3 is 2.56 bits per heavy atom.